The zero-order valence-electron chi connectivity index (χ0n) is 10.3. The SMILES string of the molecule is Cc1ccc(C(CN)Oc2ccccc2Cl)cc1. The number of halogens is 1. The van der Waals surface area contributed by atoms with Gasteiger partial charge >= 0.3 is 0 Å². The maximum atomic E-state index is 6.07. The van der Waals surface area contributed by atoms with Crippen molar-refractivity contribution < 1.29 is 4.74 Å². The van der Waals surface area contributed by atoms with Gasteiger partial charge in [0.05, 0.1) is 5.02 Å². The van der Waals surface area contributed by atoms with Crippen molar-refractivity contribution in [1.82, 2.24) is 0 Å². The molecule has 0 spiro atoms. The molecule has 0 fully saturated rings. The van der Waals surface area contributed by atoms with Gasteiger partial charge in [-0.1, -0.05) is 53.6 Å². The van der Waals surface area contributed by atoms with E-state index in [2.05, 4.69) is 6.92 Å². The van der Waals surface area contributed by atoms with E-state index in [-0.39, 0.29) is 6.10 Å². The highest BCUT2D eigenvalue weighted by Gasteiger charge is 2.12. The third-order valence-corrected chi connectivity index (χ3v) is 3.08. The van der Waals surface area contributed by atoms with Crippen molar-refractivity contribution in [1.29, 1.82) is 0 Å². The van der Waals surface area contributed by atoms with Crippen molar-refractivity contribution in [3.05, 3.63) is 64.7 Å². The Morgan fingerprint density at radius 1 is 1.11 bits per heavy atom. The van der Waals surface area contributed by atoms with Crippen LogP contribution >= 0.6 is 11.6 Å². The second-order valence-corrected chi connectivity index (χ2v) is 4.59. The molecule has 2 aromatic rings. The van der Waals surface area contributed by atoms with Crippen LogP contribution in [0.2, 0.25) is 5.02 Å². The van der Waals surface area contributed by atoms with E-state index < -0.39 is 0 Å². The largest absolute Gasteiger partial charge is 0.483 e. The highest BCUT2D eigenvalue weighted by Crippen LogP contribution is 2.28. The summed E-state index contributed by atoms with van der Waals surface area (Å²) >= 11 is 6.07. The van der Waals surface area contributed by atoms with Gasteiger partial charge in [0.2, 0.25) is 0 Å². The van der Waals surface area contributed by atoms with Crippen LogP contribution in [-0.4, -0.2) is 6.54 Å². The third kappa shape index (κ3) is 3.03. The van der Waals surface area contributed by atoms with Gasteiger partial charge in [-0.15, -0.1) is 0 Å². The molecule has 0 heterocycles. The number of hydrogen-bond donors (Lipinski definition) is 1. The molecule has 0 aromatic heterocycles. The molecule has 2 N–H and O–H groups in total. The molecule has 94 valence electrons. The minimum atomic E-state index is -0.175. The number of para-hydroxylation sites is 1. The van der Waals surface area contributed by atoms with Crippen LogP contribution in [0, 0.1) is 6.92 Å². The van der Waals surface area contributed by atoms with Gasteiger partial charge in [0, 0.05) is 6.54 Å². The molecule has 18 heavy (non-hydrogen) atoms. The summed E-state index contributed by atoms with van der Waals surface area (Å²) in [7, 11) is 0. The minimum absolute atomic E-state index is 0.175. The molecule has 0 aliphatic carbocycles. The maximum Gasteiger partial charge on any atom is 0.138 e. The summed E-state index contributed by atoms with van der Waals surface area (Å²) in [5.74, 6) is 0.662. The monoisotopic (exact) mass is 261 g/mol. The van der Waals surface area contributed by atoms with E-state index in [1.165, 1.54) is 5.56 Å². The first-order valence-corrected chi connectivity index (χ1v) is 6.26. The molecule has 2 rings (SSSR count). The smallest absolute Gasteiger partial charge is 0.138 e. The summed E-state index contributed by atoms with van der Waals surface area (Å²) in [6.45, 7) is 2.46. The molecular weight excluding hydrogens is 246 g/mol. The van der Waals surface area contributed by atoms with Crippen molar-refractivity contribution >= 4 is 11.6 Å². The van der Waals surface area contributed by atoms with Gasteiger partial charge < -0.3 is 10.5 Å². The summed E-state index contributed by atoms with van der Waals surface area (Å²) in [6, 6.07) is 15.6. The summed E-state index contributed by atoms with van der Waals surface area (Å²) in [5.41, 5.74) is 8.05. The lowest BCUT2D eigenvalue weighted by Gasteiger charge is -2.18. The predicted octanol–water partition coefficient (Wildman–Crippen LogP) is 3.73. The van der Waals surface area contributed by atoms with Crippen molar-refractivity contribution in [2.75, 3.05) is 6.54 Å². The van der Waals surface area contributed by atoms with Crippen LogP contribution in [0.1, 0.15) is 17.2 Å². The van der Waals surface area contributed by atoms with Crippen molar-refractivity contribution in [2.24, 2.45) is 5.73 Å². The lowest BCUT2D eigenvalue weighted by Crippen LogP contribution is -2.18. The van der Waals surface area contributed by atoms with E-state index >= 15 is 0 Å². The Balaban J connectivity index is 2.20. The van der Waals surface area contributed by atoms with Crippen molar-refractivity contribution in [3.8, 4) is 5.75 Å². The van der Waals surface area contributed by atoms with Crippen LogP contribution in [0.4, 0.5) is 0 Å². The highest BCUT2D eigenvalue weighted by molar-refractivity contribution is 6.32. The second-order valence-electron chi connectivity index (χ2n) is 4.18. The molecule has 1 unspecified atom stereocenters. The van der Waals surface area contributed by atoms with Crippen LogP contribution in [-0.2, 0) is 0 Å². The van der Waals surface area contributed by atoms with Crippen molar-refractivity contribution in [3.63, 3.8) is 0 Å². The Labute approximate surface area is 112 Å². The van der Waals surface area contributed by atoms with Crippen LogP contribution in [0.15, 0.2) is 48.5 Å². The van der Waals surface area contributed by atoms with Crippen LogP contribution in [0.5, 0.6) is 5.75 Å². The van der Waals surface area contributed by atoms with Gasteiger partial charge in [0.25, 0.3) is 0 Å². The summed E-state index contributed by atoms with van der Waals surface area (Å²) < 4.78 is 5.86. The lowest BCUT2D eigenvalue weighted by molar-refractivity contribution is 0.214. The minimum Gasteiger partial charge on any atom is -0.483 e. The third-order valence-electron chi connectivity index (χ3n) is 2.77. The predicted molar refractivity (Wildman–Crippen MR) is 75.1 cm³/mol. The molecule has 0 amide bonds. The average molecular weight is 262 g/mol. The summed E-state index contributed by atoms with van der Waals surface area (Å²) in [5, 5.41) is 0.600. The average Bonchev–Trinajstić information content (AvgIpc) is 2.39. The Morgan fingerprint density at radius 3 is 2.39 bits per heavy atom. The van der Waals surface area contributed by atoms with Crippen LogP contribution in [0.3, 0.4) is 0 Å². The van der Waals surface area contributed by atoms with Crippen LogP contribution < -0.4 is 10.5 Å². The van der Waals surface area contributed by atoms with E-state index in [9.17, 15) is 0 Å². The first-order valence-electron chi connectivity index (χ1n) is 5.88. The van der Waals surface area contributed by atoms with E-state index in [1.54, 1.807) is 6.07 Å². The van der Waals surface area contributed by atoms with Gasteiger partial charge in [-0.05, 0) is 24.6 Å². The molecule has 0 radical (unpaired) electrons. The molecule has 2 nitrogen and oxygen atoms in total. The molecular formula is C15H16ClNO. The number of ether oxygens (including phenoxy) is 1. The van der Waals surface area contributed by atoms with Gasteiger partial charge in [-0.25, -0.2) is 0 Å². The topological polar surface area (TPSA) is 35.2 Å². The number of hydrogen-bond acceptors (Lipinski definition) is 2. The van der Waals surface area contributed by atoms with E-state index in [0.29, 0.717) is 17.3 Å². The molecule has 0 bridgehead atoms. The number of nitrogens with two attached hydrogens (primary N) is 1. The molecule has 2 aromatic carbocycles. The lowest BCUT2D eigenvalue weighted by atomic mass is 10.1. The molecule has 1 atom stereocenters. The second kappa shape index (κ2) is 5.89. The first kappa shape index (κ1) is 12.9. The Kier molecular flexibility index (Phi) is 4.24. The molecule has 0 aliphatic heterocycles. The number of benzene rings is 2. The quantitative estimate of drug-likeness (QED) is 0.910. The summed E-state index contributed by atoms with van der Waals surface area (Å²) in [4.78, 5) is 0. The normalized spacial score (nSPS) is 12.2. The zero-order chi connectivity index (χ0) is 13.0. The number of rotatable bonds is 4. The fraction of sp³-hybridized carbons (Fsp3) is 0.200. The summed E-state index contributed by atoms with van der Waals surface area (Å²) in [6.07, 6.45) is -0.175. The Hall–Kier alpha value is -1.51. The highest BCUT2D eigenvalue weighted by atomic mass is 35.5. The standard InChI is InChI=1S/C15H16ClNO/c1-11-6-8-12(9-7-11)15(10-17)18-14-5-3-2-4-13(14)16/h2-9,15H,10,17H2,1H3. The van der Waals surface area contributed by atoms with E-state index in [1.807, 2.05) is 42.5 Å². The van der Waals surface area contributed by atoms with Gasteiger partial charge in [0.1, 0.15) is 11.9 Å². The van der Waals surface area contributed by atoms with Gasteiger partial charge in [-0.3, -0.25) is 0 Å². The first-order chi connectivity index (χ1) is 8.70. The fourth-order valence-electron chi connectivity index (χ4n) is 1.73. The zero-order valence-corrected chi connectivity index (χ0v) is 11.0. The Morgan fingerprint density at radius 2 is 1.78 bits per heavy atom. The molecule has 3 heteroatoms. The Bertz CT molecular complexity index is 510. The van der Waals surface area contributed by atoms with Gasteiger partial charge in [-0.2, -0.15) is 0 Å². The van der Waals surface area contributed by atoms with E-state index in [4.69, 9.17) is 22.1 Å². The molecule has 0 saturated heterocycles. The van der Waals surface area contributed by atoms with Gasteiger partial charge in [0.15, 0.2) is 0 Å². The van der Waals surface area contributed by atoms with Crippen LogP contribution in [0.25, 0.3) is 0 Å². The van der Waals surface area contributed by atoms with Crippen molar-refractivity contribution in [2.45, 2.75) is 13.0 Å². The van der Waals surface area contributed by atoms with E-state index in [0.717, 1.165) is 5.56 Å². The maximum absolute atomic E-state index is 6.07. The number of aryl methyl sites for hydroxylation is 1. The molecule has 0 saturated carbocycles. The molecule has 0 aliphatic rings. The fourth-order valence-corrected chi connectivity index (χ4v) is 1.91.